The molecule has 31 heavy (non-hydrogen) atoms. The topological polar surface area (TPSA) is 111 Å². The van der Waals surface area contributed by atoms with Gasteiger partial charge in [-0.2, -0.15) is 5.10 Å². The van der Waals surface area contributed by atoms with E-state index >= 15 is 0 Å². The van der Waals surface area contributed by atoms with Crippen molar-refractivity contribution >= 4 is 27.6 Å². The lowest BCUT2D eigenvalue weighted by Gasteiger charge is -2.57. The summed E-state index contributed by atoms with van der Waals surface area (Å²) in [5, 5.41) is 22.5. The van der Waals surface area contributed by atoms with E-state index in [2.05, 4.69) is 20.5 Å². The summed E-state index contributed by atoms with van der Waals surface area (Å²) in [7, 11) is 0. The average Bonchev–Trinajstić information content (AvgIpc) is 3.16. The molecule has 4 N–H and O–H groups in total. The lowest BCUT2D eigenvalue weighted by Crippen LogP contribution is -2.55. The Balaban J connectivity index is 1.11. The van der Waals surface area contributed by atoms with E-state index in [0.29, 0.717) is 22.5 Å². The number of aromatic nitrogens is 3. The lowest BCUT2D eigenvalue weighted by molar-refractivity contribution is -0.0197. The number of phenols is 1. The average molecular weight is 414 g/mol. The number of benzene rings is 2. The Hall–Kier alpha value is -3.61. The third kappa shape index (κ3) is 2.84. The summed E-state index contributed by atoms with van der Waals surface area (Å²) in [6.45, 7) is 0. The molecule has 0 saturated heterocycles. The van der Waals surface area contributed by atoms with Gasteiger partial charge >= 0.3 is 0 Å². The van der Waals surface area contributed by atoms with Crippen LogP contribution in [0.3, 0.4) is 0 Å². The second-order valence-corrected chi connectivity index (χ2v) is 9.09. The monoisotopic (exact) mass is 414 g/mol. The maximum Gasteiger partial charge on any atom is 0.272 e. The van der Waals surface area contributed by atoms with Crippen LogP contribution in [0, 0.1) is 5.41 Å². The van der Waals surface area contributed by atoms with E-state index in [1.165, 1.54) is 0 Å². The maximum atomic E-state index is 12.6. The van der Waals surface area contributed by atoms with E-state index in [9.17, 15) is 14.7 Å². The van der Waals surface area contributed by atoms with E-state index in [1.54, 1.807) is 18.2 Å². The van der Waals surface area contributed by atoms with Gasteiger partial charge in [-0.3, -0.25) is 9.59 Å². The summed E-state index contributed by atoms with van der Waals surface area (Å²) in [5.41, 5.74) is 2.14. The molecule has 2 heterocycles. The van der Waals surface area contributed by atoms with Crippen LogP contribution in [0.4, 0.5) is 0 Å². The van der Waals surface area contributed by atoms with Gasteiger partial charge in [-0.15, -0.1) is 0 Å². The molecule has 6 rings (SSSR count). The summed E-state index contributed by atoms with van der Waals surface area (Å²) in [6.07, 6.45) is 3.98. The van der Waals surface area contributed by atoms with Crippen molar-refractivity contribution in [1.82, 2.24) is 20.5 Å². The number of aromatic hydroxyl groups is 1. The van der Waals surface area contributed by atoms with Gasteiger partial charge in [-0.25, -0.2) is 5.10 Å². The molecular weight excluding hydrogens is 392 g/mol. The van der Waals surface area contributed by atoms with Crippen molar-refractivity contribution in [1.29, 1.82) is 0 Å². The Bertz CT molecular complexity index is 1390. The van der Waals surface area contributed by atoms with Crippen molar-refractivity contribution in [2.24, 2.45) is 5.41 Å². The first-order valence-corrected chi connectivity index (χ1v) is 10.6. The molecule has 7 nitrogen and oxygen atoms in total. The molecular formula is C24H22N4O3. The van der Waals surface area contributed by atoms with Crippen molar-refractivity contribution in [3.8, 4) is 5.75 Å². The number of para-hydroxylation sites is 1. The highest BCUT2D eigenvalue weighted by molar-refractivity contribution is 5.99. The summed E-state index contributed by atoms with van der Waals surface area (Å²) in [4.78, 5) is 27.7. The molecule has 2 aromatic carbocycles. The van der Waals surface area contributed by atoms with E-state index in [4.69, 9.17) is 0 Å². The number of amides is 1. The number of nitrogens with one attached hydrogen (secondary N) is 3. The van der Waals surface area contributed by atoms with E-state index in [0.717, 1.165) is 42.1 Å². The Morgan fingerprint density at radius 1 is 1.06 bits per heavy atom. The second-order valence-electron chi connectivity index (χ2n) is 9.09. The molecule has 0 unspecified atom stereocenters. The fraction of sp³-hybridized carbons (Fsp3) is 0.292. The minimum absolute atomic E-state index is 0.139. The smallest absolute Gasteiger partial charge is 0.272 e. The van der Waals surface area contributed by atoms with Crippen LogP contribution >= 0.6 is 0 Å². The van der Waals surface area contributed by atoms with Crippen LogP contribution < -0.4 is 10.9 Å². The predicted molar refractivity (Wildman–Crippen MR) is 117 cm³/mol. The van der Waals surface area contributed by atoms with Gasteiger partial charge in [0, 0.05) is 22.7 Å². The van der Waals surface area contributed by atoms with Gasteiger partial charge < -0.3 is 15.4 Å². The molecule has 2 saturated carbocycles. The van der Waals surface area contributed by atoms with Crippen LogP contribution in [0.5, 0.6) is 5.75 Å². The normalized spacial score (nSPS) is 24.8. The first-order valence-electron chi connectivity index (χ1n) is 10.6. The van der Waals surface area contributed by atoms with E-state index in [1.807, 2.05) is 30.3 Å². The molecule has 4 aromatic rings. The van der Waals surface area contributed by atoms with E-state index < -0.39 is 0 Å². The van der Waals surface area contributed by atoms with Crippen LogP contribution in [0.15, 0.2) is 53.3 Å². The molecule has 1 spiro atoms. The molecule has 0 radical (unpaired) electrons. The lowest BCUT2D eigenvalue weighted by atomic mass is 9.49. The third-order valence-corrected chi connectivity index (χ3v) is 7.04. The van der Waals surface area contributed by atoms with Crippen molar-refractivity contribution < 1.29 is 9.90 Å². The second kappa shape index (κ2) is 6.44. The Kier molecular flexibility index (Phi) is 3.78. The molecule has 156 valence electrons. The number of carbonyl (C=O) groups excluding carboxylic acids is 1. The highest BCUT2D eigenvalue weighted by Crippen LogP contribution is 2.62. The zero-order valence-electron chi connectivity index (χ0n) is 16.8. The number of hydrogen-bond donors (Lipinski definition) is 4. The highest BCUT2D eigenvalue weighted by atomic mass is 16.3. The summed E-state index contributed by atoms with van der Waals surface area (Å²) < 4.78 is 0. The fourth-order valence-electron chi connectivity index (χ4n) is 5.57. The largest absolute Gasteiger partial charge is 0.506 e. The zero-order valence-corrected chi connectivity index (χ0v) is 16.8. The van der Waals surface area contributed by atoms with Gasteiger partial charge in [0.2, 0.25) is 0 Å². The van der Waals surface area contributed by atoms with Crippen LogP contribution in [0.1, 0.15) is 47.8 Å². The predicted octanol–water partition coefficient (Wildman–Crippen LogP) is 3.57. The summed E-state index contributed by atoms with van der Waals surface area (Å²) in [5.74, 6) is 0.345. The molecule has 7 heteroatoms. The quantitative estimate of drug-likeness (QED) is 0.411. The van der Waals surface area contributed by atoms with Gasteiger partial charge in [0.05, 0.1) is 16.6 Å². The molecule has 0 atom stereocenters. The van der Waals surface area contributed by atoms with Crippen molar-refractivity contribution in [2.45, 2.75) is 37.6 Å². The molecule has 2 aliphatic carbocycles. The molecule has 1 amide bonds. The number of fused-ring (bicyclic) bond motifs is 2. The molecule has 2 aliphatic rings. The SMILES string of the molecule is O=C(NC1CC2(C1)CC(c1n[nH]c(=O)c3ccccc13)C2)c1cc2cccc(O)c2[nH]1. The van der Waals surface area contributed by atoms with Crippen molar-refractivity contribution in [3.05, 3.63) is 70.3 Å². The number of phenolic OH excluding ortho intramolecular Hbond substituents is 1. The number of carbonyl (C=O) groups is 1. The molecule has 0 aliphatic heterocycles. The minimum Gasteiger partial charge on any atom is -0.506 e. The number of aromatic amines is 2. The fourth-order valence-corrected chi connectivity index (χ4v) is 5.57. The standard InChI is InChI=1S/C24H22N4O3/c29-19-7-3-4-13-8-18(26-21(13)19)23(31)25-15-11-24(12-15)9-14(10-24)20-16-5-1-2-6-17(16)22(30)28-27-20/h1-8,14-15,26,29H,9-12H2,(H,25,31)(H,28,30). The van der Waals surface area contributed by atoms with Gasteiger partial charge in [-0.1, -0.05) is 30.3 Å². The van der Waals surface area contributed by atoms with Crippen LogP contribution in [0.25, 0.3) is 21.7 Å². The maximum absolute atomic E-state index is 12.6. The van der Waals surface area contributed by atoms with Crippen LogP contribution in [-0.4, -0.2) is 32.2 Å². The number of nitrogens with zero attached hydrogens (tertiary/aromatic N) is 1. The van der Waals surface area contributed by atoms with Crippen LogP contribution in [-0.2, 0) is 0 Å². The number of hydrogen-bond acceptors (Lipinski definition) is 4. The zero-order chi connectivity index (χ0) is 21.2. The molecule has 2 fully saturated rings. The van der Waals surface area contributed by atoms with Gasteiger partial charge in [0.15, 0.2) is 0 Å². The van der Waals surface area contributed by atoms with Gasteiger partial charge in [-0.05, 0) is 49.3 Å². The van der Waals surface area contributed by atoms with Crippen molar-refractivity contribution in [2.75, 3.05) is 0 Å². The summed E-state index contributed by atoms with van der Waals surface area (Å²) >= 11 is 0. The Morgan fingerprint density at radius 3 is 2.61 bits per heavy atom. The van der Waals surface area contributed by atoms with Crippen molar-refractivity contribution in [3.63, 3.8) is 0 Å². The minimum atomic E-state index is -0.148. The first kappa shape index (κ1) is 18.2. The third-order valence-electron chi connectivity index (χ3n) is 7.04. The highest BCUT2D eigenvalue weighted by Gasteiger charge is 2.54. The van der Waals surface area contributed by atoms with Gasteiger partial charge in [0.1, 0.15) is 11.4 Å². The number of H-pyrrole nitrogens is 2. The first-order chi connectivity index (χ1) is 15.0. The Morgan fingerprint density at radius 2 is 1.84 bits per heavy atom. The van der Waals surface area contributed by atoms with Crippen LogP contribution in [0.2, 0.25) is 0 Å². The Labute approximate surface area is 177 Å². The van der Waals surface area contributed by atoms with Gasteiger partial charge in [0.25, 0.3) is 11.5 Å². The number of rotatable bonds is 3. The summed E-state index contributed by atoms with van der Waals surface area (Å²) in [6, 6.07) is 14.8. The molecule has 2 aromatic heterocycles. The molecule has 0 bridgehead atoms. The van der Waals surface area contributed by atoms with E-state index in [-0.39, 0.29) is 28.7 Å².